The molecule has 1 heterocycles. The van der Waals surface area contributed by atoms with Gasteiger partial charge in [-0.05, 0) is 36.6 Å². The maximum atomic E-state index is 12.4. The molecule has 0 unspecified atom stereocenters. The van der Waals surface area contributed by atoms with Gasteiger partial charge in [-0.2, -0.15) is 0 Å². The fourth-order valence-corrected chi connectivity index (χ4v) is 3.62. The van der Waals surface area contributed by atoms with Crippen LogP contribution in [-0.4, -0.2) is 24.7 Å². The number of rotatable bonds is 8. The smallest absolute Gasteiger partial charge is 0.338 e. The molecule has 0 radical (unpaired) electrons. The van der Waals surface area contributed by atoms with Gasteiger partial charge in [0.05, 0.1) is 25.0 Å². The van der Waals surface area contributed by atoms with Crippen LogP contribution in [0.3, 0.4) is 0 Å². The first kappa shape index (κ1) is 20.9. The Morgan fingerprint density at radius 2 is 1.86 bits per heavy atom. The van der Waals surface area contributed by atoms with Gasteiger partial charge in [-0.3, -0.25) is 0 Å². The molecule has 0 saturated heterocycles. The first-order valence-corrected chi connectivity index (χ1v) is 10.4. The lowest BCUT2D eigenvalue weighted by Gasteiger charge is -2.10. The molecule has 5 nitrogen and oxygen atoms in total. The molecule has 0 saturated carbocycles. The summed E-state index contributed by atoms with van der Waals surface area (Å²) in [5.74, 6) is 1.17. The van der Waals surface area contributed by atoms with E-state index in [1.54, 1.807) is 18.2 Å². The molecule has 152 valence electrons. The molecule has 0 bridgehead atoms. The second kappa shape index (κ2) is 9.56. The van der Waals surface area contributed by atoms with Gasteiger partial charge < -0.3 is 14.2 Å². The molecule has 0 fully saturated rings. The van der Waals surface area contributed by atoms with Crippen molar-refractivity contribution in [3.63, 3.8) is 0 Å². The molecular formula is C23H25NO4S. The number of thiazole rings is 1. The number of carbonyl (C=O) groups excluding carboxylic acids is 1. The largest absolute Gasteiger partial charge is 0.493 e. The number of ether oxygens (including phenoxy) is 3. The second-order valence-electron chi connectivity index (χ2n) is 6.80. The zero-order valence-electron chi connectivity index (χ0n) is 17.1. The van der Waals surface area contributed by atoms with Crippen molar-refractivity contribution in [3.8, 4) is 22.1 Å². The zero-order chi connectivity index (χ0) is 20.8. The van der Waals surface area contributed by atoms with E-state index in [2.05, 4.69) is 43.1 Å². The van der Waals surface area contributed by atoms with Gasteiger partial charge in [0.25, 0.3) is 0 Å². The summed E-state index contributed by atoms with van der Waals surface area (Å²) in [5.41, 5.74) is 3.49. The van der Waals surface area contributed by atoms with Crippen molar-refractivity contribution >= 4 is 17.3 Å². The summed E-state index contributed by atoms with van der Waals surface area (Å²) in [7, 11) is 1.54. The number of benzene rings is 2. The van der Waals surface area contributed by atoms with Gasteiger partial charge in [0.1, 0.15) is 11.6 Å². The molecule has 6 heteroatoms. The Labute approximate surface area is 175 Å². The Morgan fingerprint density at radius 3 is 2.52 bits per heavy atom. The molecule has 0 aliphatic rings. The van der Waals surface area contributed by atoms with Crippen molar-refractivity contribution in [2.75, 3.05) is 13.7 Å². The van der Waals surface area contributed by atoms with Gasteiger partial charge in [0.2, 0.25) is 0 Å². The Morgan fingerprint density at radius 1 is 1.10 bits per heavy atom. The summed E-state index contributed by atoms with van der Waals surface area (Å²) in [6.07, 6.45) is 0. The number of esters is 1. The monoisotopic (exact) mass is 411 g/mol. The first-order chi connectivity index (χ1) is 14.0. The quantitative estimate of drug-likeness (QED) is 0.445. The molecule has 29 heavy (non-hydrogen) atoms. The maximum Gasteiger partial charge on any atom is 0.338 e. The van der Waals surface area contributed by atoms with E-state index in [1.807, 2.05) is 12.3 Å². The van der Waals surface area contributed by atoms with Crippen molar-refractivity contribution < 1.29 is 19.0 Å². The summed E-state index contributed by atoms with van der Waals surface area (Å²) in [4.78, 5) is 17.0. The van der Waals surface area contributed by atoms with Crippen LogP contribution in [0.15, 0.2) is 47.8 Å². The zero-order valence-corrected chi connectivity index (χ0v) is 17.9. The highest BCUT2D eigenvalue weighted by molar-refractivity contribution is 7.13. The highest BCUT2D eigenvalue weighted by Crippen LogP contribution is 2.29. The van der Waals surface area contributed by atoms with E-state index in [0.29, 0.717) is 29.6 Å². The SMILES string of the molecule is CCOc1ccc(C(=O)OCc2csc(-c3ccc(C(C)C)cc3)n2)cc1OC. The lowest BCUT2D eigenvalue weighted by atomic mass is 10.0. The average molecular weight is 412 g/mol. The summed E-state index contributed by atoms with van der Waals surface area (Å²) in [6.45, 7) is 6.87. The summed E-state index contributed by atoms with van der Waals surface area (Å²) in [6, 6.07) is 13.4. The van der Waals surface area contributed by atoms with Crippen LogP contribution >= 0.6 is 11.3 Å². The number of carbonyl (C=O) groups is 1. The molecule has 0 spiro atoms. The van der Waals surface area contributed by atoms with E-state index in [1.165, 1.54) is 24.0 Å². The van der Waals surface area contributed by atoms with Gasteiger partial charge in [-0.1, -0.05) is 38.1 Å². The Hall–Kier alpha value is -2.86. The highest BCUT2D eigenvalue weighted by atomic mass is 32.1. The number of aromatic nitrogens is 1. The van der Waals surface area contributed by atoms with Crippen molar-refractivity contribution in [1.29, 1.82) is 0 Å². The minimum absolute atomic E-state index is 0.120. The van der Waals surface area contributed by atoms with E-state index < -0.39 is 5.97 Å². The standard InChI is InChI=1S/C23H25NO4S/c1-5-27-20-11-10-18(12-21(20)26-4)23(25)28-13-19-14-29-22(24-19)17-8-6-16(7-9-17)15(2)3/h6-12,14-15H,5,13H2,1-4H3. The molecule has 2 aromatic carbocycles. The second-order valence-corrected chi connectivity index (χ2v) is 7.65. The molecule has 0 N–H and O–H groups in total. The number of nitrogens with zero attached hydrogens (tertiary/aromatic N) is 1. The van der Waals surface area contributed by atoms with Crippen molar-refractivity contribution in [3.05, 3.63) is 64.7 Å². The summed E-state index contributed by atoms with van der Waals surface area (Å²) in [5, 5.41) is 2.83. The third kappa shape index (κ3) is 5.15. The van der Waals surface area contributed by atoms with Gasteiger partial charge in [0.15, 0.2) is 11.5 Å². The fraction of sp³-hybridized carbons (Fsp3) is 0.304. The Balaban J connectivity index is 1.64. The van der Waals surface area contributed by atoms with E-state index in [-0.39, 0.29) is 6.61 Å². The van der Waals surface area contributed by atoms with Crippen molar-refractivity contribution in [1.82, 2.24) is 4.98 Å². The molecule has 3 rings (SSSR count). The molecule has 0 atom stereocenters. The first-order valence-electron chi connectivity index (χ1n) is 9.54. The van der Waals surface area contributed by atoms with Crippen molar-refractivity contribution in [2.45, 2.75) is 33.3 Å². The van der Waals surface area contributed by atoms with Crippen LogP contribution in [0.25, 0.3) is 10.6 Å². The molecule has 0 aliphatic heterocycles. The van der Waals surface area contributed by atoms with E-state index >= 15 is 0 Å². The third-order valence-electron chi connectivity index (χ3n) is 4.43. The van der Waals surface area contributed by atoms with Crippen LogP contribution in [0.5, 0.6) is 11.5 Å². The number of hydrogen-bond donors (Lipinski definition) is 0. The van der Waals surface area contributed by atoms with Crippen LogP contribution in [0.1, 0.15) is 48.3 Å². The average Bonchev–Trinajstić information content (AvgIpc) is 3.21. The summed E-state index contributed by atoms with van der Waals surface area (Å²) < 4.78 is 16.2. The van der Waals surface area contributed by atoms with Gasteiger partial charge >= 0.3 is 5.97 Å². The lowest BCUT2D eigenvalue weighted by Crippen LogP contribution is -2.06. The fourth-order valence-electron chi connectivity index (χ4n) is 2.81. The maximum absolute atomic E-state index is 12.4. The molecule has 0 amide bonds. The Bertz CT molecular complexity index is 963. The van der Waals surface area contributed by atoms with Crippen LogP contribution in [0.4, 0.5) is 0 Å². The highest BCUT2D eigenvalue weighted by Gasteiger charge is 2.14. The van der Waals surface area contributed by atoms with Crippen LogP contribution < -0.4 is 9.47 Å². The third-order valence-corrected chi connectivity index (χ3v) is 5.37. The predicted molar refractivity (Wildman–Crippen MR) is 115 cm³/mol. The van der Waals surface area contributed by atoms with Crippen LogP contribution in [0.2, 0.25) is 0 Å². The van der Waals surface area contributed by atoms with Crippen molar-refractivity contribution in [2.24, 2.45) is 0 Å². The van der Waals surface area contributed by atoms with E-state index in [4.69, 9.17) is 14.2 Å². The molecule has 0 aliphatic carbocycles. The minimum Gasteiger partial charge on any atom is -0.493 e. The van der Waals surface area contributed by atoms with E-state index in [0.717, 1.165) is 16.3 Å². The summed E-state index contributed by atoms with van der Waals surface area (Å²) >= 11 is 1.54. The predicted octanol–water partition coefficient (Wildman–Crippen LogP) is 5.70. The van der Waals surface area contributed by atoms with Gasteiger partial charge in [-0.25, -0.2) is 9.78 Å². The van der Waals surface area contributed by atoms with Gasteiger partial charge in [0, 0.05) is 10.9 Å². The van der Waals surface area contributed by atoms with Gasteiger partial charge in [-0.15, -0.1) is 11.3 Å². The number of hydrogen-bond acceptors (Lipinski definition) is 6. The molecule has 1 aromatic heterocycles. The lowest BCUT2D eigenvalue weighted by molar-refractivity contribution is 0.0468. The topological polar surface area (TPSA) is 57.7 Å². The Kier molecular flexibility index (Phi) is 6.88. The van der Waals surface area contributed by atoms with E-state index in [9.17, 15) is 4.79 Å². The minimum atomic E-state index is -0.429. The molecular weight excluding hydrogens is 386 g/mol. The number of methoxy groups -OCH3 is 1. The molecule has 3 aromatic rings. The van der Waals surface area contributed by atoms with Crippen LogP contribution in [-0.2, 0) is 11.3 Å². The van der Waals surface area contributed by atoms with Crippen LogP contribution in [0, 0.1) is 0 Å². The normalized spacial score (nSPS) is 10.8.